The molecule has 0 saturated carbocycles. The molecule has 1 heterocycles. The number of hydrogen-bond acceptors (Lipinski definition) is 3. The number of hydrogen-bond donors (Lipinski definition) is 1. The van der Waals surface area contributed by atoms with Gasteiger partial charge in [-0.3, -0.25) is 4.90 Å². The Morgan fingerprint density at radius 3 is 2.85 bits per heavy atom. The maximum Gasteiger partial charge on any atom is 0.410 e. The molecule has 110 valence electrons. The number of carbonyl (C=O) groups excluding carboxylic acids is 1. The van der Waals surface area contributed by atoms with Gasteiger partial charge in [0.1, 0.15) is 11.4 Å². The fourth-order valence-corrected chi connectivity index (χ4v) is 2.26. The molecule has 0 bridgehead atoms. The van der Waals surface area contributed by atoms with Gasteiger partial charge in [-0.1, -0.05) is 12.1 Å². The molecule has 1 N–H and O–H groups in total. The number of halogens is 1. The normalized spacial score (nSPS) is 19.8. The molecule has 1 aliphatic rings. The van der Waals surface area contributed by atoms with E-state index in [0.717, 1.165) is 5.56 Å². The van der Waals surface area contributed by atoms with Crippen molar-refractivity contribution in [2.24, 2.45) is 0 Å². The molecule has 0 aromatic heterocycles. The van der Waals surface area contributed by atoms with Crippen molar-refractivity contribution in [2.45, 2.75) is 32.4 Å². The predicted molar refractivity (Wildman–Crippen MR) is 75.0 cm³/mol. The van der Waals surface area contributed by atoms with Crippen molar-refractivity contribution < 1.29 is 13.9 Å². The van der Waals surface area contributed by atoms with Crippen LogP contribution in [0.2, 0.25) is 0 Å². The molecule has 1 atom stereocenters. The van der Waals surface area contributed by atoms with Gasteiger partial charge in [-0.25, -0.2) is 9.18 Å². The Balaban J connectivity index is 2.19. The van der Waals surface area contributed by atoms with E-state index in [-0.39, 0.29) is 18.0 Å². The largest absolute Gasteiger partial charge is 0.444 e. The molecule has 5 heteroatoms. The number of rotatable bonds is 1. The smallest absolute Gasteiger partial charge is 0.410 e. The van der Waals surface area contributed by atoms with Gasteiger partial charge in [0.15, 0.2) is 0 Å². The molecule has 1 aromatic rings. The molecule has 4 nitrogen and oxygen atoms in total. The summed E-state index contributed by atoms with van der Waals surface area (Å²) in [4.78, 5) is 13.9. The highest BCUT2D eigenvalue weighted by Crippen LogP contribution is 2.24. The number of nitrogens with one attached hydrogen (secondary N) is 1. The zero-order valence-corrected chi connectivity index (χ0v) is 12.1. The van der Waals surface area contributed by atoms with Crippen LogP contribution < -0.4 is 5.32 Å². The summed E-state index contributed by atoms with van der Waals surface area (Å²) in [7, 11) is 0. The molecule has 0 radical (unpaired) electrons. The van der Waals surface area contributed by atoms with E-state index in [2.05, 4.69) is 5.32 Å². The molecule has 20 heavy (non-hydrogen) atoms. The van der Waals surface area contributed by atoms with Crippen LogP contribution in [0.5, 0.6) is 0 Å². The van der Waals surface area contributed by atoms with Crippen molar-refractivity contribution in [1.29, 1.82) is 0 Å². The summed E-state index contributed by atoms with van der Waals surface area (Å²) in [6.45, 7) is 7.38. The lowest BCUT2D eigenvalue weighted by Crippen LogP contribution is -2.50. The van der Waals surface area contributed by atoms with Crippen LogP contribution >= 0.6 is 0 Å². The van der Waals surface area contributed by atoms with Crippen molar-refractivity contribution in [2.75, 3.05) is 19.6 Å². The van der Waals surface area contributed by atoms with Crippen LogP contribution in [-0.4, -0.2) is 36.2 Å². The number of ether oxygens (including phenoxy) is 1. The lowest BCUT2D eigenvalue weighted by Gasteiger charge is -2.37. The minimum atomic E-state index is -0.533. The Bertz CT molecular complexity index is 485. The zero-order valence-electron chi connectivity index (χ0n) is 12.1. The molecule has 0 aliphatic carbocycles. The summed E-state index contributed by atoms with van der Waals surface area (Å²) < 4.78 is 18.8. The van der Waals surface area contributed by atoms with E-state index in [1.54, 1.807) is 11.0 Å². The van der Waals surface area contributed by atoms with E-state index < -0.39 is 5.60 Å². The quantitative estimate of drug-likeness (QED) is 0.860. The Morgan fingerprint density at radius 2 is 2.20 bits per heavy atom. The third kappa shape index (κ3) is 3.70. The fraction of sp³-hybridized carbons (Fsp3) is 0.533. The molecular formula is C15H21FN2O2. The average molecular weight is 280 g/mol. The van der Waals surface area contributed by atoms with Crippen molar-refractivity contribution in [1.82, 2.24) is 10.2 Å². The standard InChI is InChI=1S/C15H21FN2O2/c1-15(2,3)20-14(19)18-8-7-17-10-13(18)11-5-4-6-12(16)9-11/h4-6,9,13,17H,7-8,10H2,1-3H3/t13-/m0/s1. The summed E-state index contributed by atoms with van der Waals surface area (Å²) in [6, 6.07) is 6.16. The molecule has 1 aliphatic heterocycles. The highest BCUT2D eigenvalue weighted by Gasteiger charge is 2.31. The predicted octanol–water partition coefficient (Wildman–Crippen LogP) is 2.71. The van der Waals surface area contributed by atoms with Crippen molar-refractivity contribution >= 4 is 6.09 Å². The maximum absolute atomic E-state index is 13.4. The highest BCUT2D eigenvalue weighted by molar-refractivity contribution is 5.69. The summed E-state index contributed by atoms with van der Waals surface area (Å²) >= 11 is 0. The lowest BCUT2D eigenvalue weighted by molar-refractivity contribution is 0.0117. The molecule has 1 amide bonds. The van der Waals surface area contributed by atoms with Gasteiger partial charge in [0, 0.05) is 19.6 Å². The van der Waals surface area contributed by atoms with Crippen LogP contribution in [0.4, 0.5) is 9.18 Å². The first-order valence-electron chi connectivity index (χ1n) is 6.82. The summed E-state index contributed by atoms with van der Waals surface area (Å²) in [5, 5.41) is 3.23. The van der Waals surface area contributed by atoms with Gasteiger partial charge in [-0.2, -0.15) is 0 Å². The first-order valence-corrected chi connectivity index (χ1v) is 6.82. The summed E-state index contributed by atoms with van der Waals surface area (Å²) in [6.07, 6.45) is -0.353. The number of benzene rings is 1. The van der Waals surface area contributed by atoms with Gasteiger partial charge in [0.25, 0.3) is 0 Å². The van der Waals surface area contributed by atoms with Crippen LogP contribution in [0.3, 0.4) is 0 Å². The van der Waals surface area contributed by atoms with Crippen molar-refractivity contribution in [3.05, 3.63) is 35.6 Å². The average Bonchev–Trinajstić information content (AvgIpc) is 2.37. The number of nitrogens with zero attached hydrogens (tertiary/aromatic N) is 1. The van der Waals surface area contributed by atoms with E-state index in [1.807, 2.05) is 26.8 Å². The number of carbonyl (C=O) groups is 1. The third-order valence-corrected chi connectivity index (χ3v) is 3.10. The molecular weight excluding hydrogens is 259 g/mol. The van der Waals surface area contributed by atoms with Gasteiger partial charge >= 0.3 is 6.09 Å². The minimum absolute atomic E-state index is 0.200. The van der Waals surface area contributed by atoms with Crippen molar-refractivity contribution in [3.63, 3.8) is 0 Å². The van der Waals surface area contributed by atoms with Gasteiger partial charge in [0.2, 0.25) is 0 Å². The van der Waals surface area contributed by atoms with E-state index in [9.17, 15) is 9.18 Å². The number of piperazine rings is 1. The summed E-state index contributed by atoms with van der Waals surface area (Å²) in [5.74, 6) is -0.294. The van der Waals surface area contributed by atoms with Crippen LogP contribution in [0.1, 0.15) is 32.4 Å². The van der Waals surface area contributed by atoms with E-state index in [1.165, 1.54) is 12.1 Å². The van der Waals surface area contributed by atoms with E-state index in [0.29, 0.717) is 19.6 Å². The van der Waals surface area contributed by atoms with Gasteiger partial charge < -0.3 is 10.1 Å². The van der Waals surface area contributed by atoms with Gasteiger partial charge in [-0.05, 0) is 38.5 Å². The van der Waals surface area contributed by atoms with Crippen LogP contribution in [-0.2, 0) is 4.74 Å². The first kappa shape index (κ1) is 14.8. The molecule has 1 aromatic carbocycles. The first-order chi connectivity index (χ1) is 9.37. The second kappa shape index (κ2) is 5.79. The maximum atomic E-state index is 13.4. The second-order valence-corrected chi connectivity index (χ2v) is 5.95. The molecule has 1 saturated heterocycles. The Morgan fingerprint density at radius 1 is 1.45 bits per heavy atom. The SMILES string of the molecule is CC(C)(C)OC(=O)N1CCNC[C@H]1c1cccc(F)c1. The van der Waals surface area contributed by atoms with E-state index in [4.69, 9.17) is 4.74 Å². The second-order valence-electron chi connectivity index (χ2n) is 5.95. The zero-order chi connectivity index (χ0) is 14.8. The van der Waals surface area contributed by atoms with Gasteiger partial charge in [0.05, 0.1) is 6.04 Å². The molecule has 1 fully saturated rings. The van der Waals surface area contributed by atoms with Gasteiger partial charge in [-0.15, -0.1) is 0 Å². The topological polar surface area (TPSA) is 41.6 Å². The van der Waals surface area contributed by atoms with Crippen molar-refractivity contribution in [3.8, 4) is 0 Å². The van der Waals surface area contributed by atoms with E-state index >= 15 is 0 Å². The lowest BCUT2D eigenvalue weighted by atomic mass is 10.0. The molecule has 0 unspecified atom stereocenters. The highest BCUT2D eigenvalue weighted by atomic mass is 19.1. The summed E-state index contributed by atoms with van der Waals surface area (Å²) in [5.41, 5.74) is 0.247. The van der Waals surface area contributed by atoms with Crippen LogP contribution in [0, 0.1) is 5.82 Å². The Labute approximate surface area is 118 Å². The minimum Gasteiger partial charge on any atom is -0.444 e. The number of amides is 1. The monoisotopic (exact) mass is 280 g/mol. The fourth-order valence-electron chi connectivity index (χ4n) is 2.26. The molecule has 0 spiro atoms. The van der Waals surface area contributed by atoms with Crippen LogP contribution in [0.25, 0.3) is 0 Å². The third-order valence-electron chi connectivity index (χ3n) is 3.10. The molecule has 2 rings (SSSR count). The van der Waals surface area contributed by atoms with Crippen LogP contribution in [0.15, 0.2) is 24.3 Å². The Hall–Kier alpha value is -1.62. The Kier molecular flexibility index (Phi) is 4.28.